The van der Waals surface area contributed by atoms with Crippen LogP contribution < -0.4 is 5.32 Å². The Kier molecular flexibility index (Phi) is 6.27. The second-order valence-electron chi connectivity index (χ2n) is 6.88. The second-order valence-corrected chi connectivity index (χ2v) is 7.82. The van der Waals surface area contributed by atoms with Crippen molar-refractivity contribution in [3.63, 3.8) is 0 Å². The number of hydrogen-bond donors (Lipinski definition) is 1. The Morgan fingerprint density at radius 1 is 1.21 bits per heavy atom. The number of anilines is 1. The molecule has 0 radical (unpaired) electrons. The SMILES string of the molecule is O=C(CSc1ncc(-c2ccccc2)n1CC1CCCO1)Nc1ccc(F)cc1. The van der Waals surface area contributed by atoms with E-state index in [4.69, 9.17) is 4.74 Å². The van der Waals surface area contributed by atoms with E-state index in [9.17, 15) is 9.18 Å². The fraction of sp³-hybridized carbons (Fsp3) is 0.273. The predicted octanol–water partition coefficient (Wildman–Crippen LogP) is 4.60. The quantitative estimate of drug-likeness (QED) is 0.578. The summed E-state index contributed by atoms with van der Waals surface area (Å²) >= 11 is 1.39. The van der Waals surface area contributed by atoms with Crippen LogP contribution in [0.3, 0.4) is 0 Å². The molecular weight excluding hydrogens is 389 g/mol. The second kappa shape index (κ2) is 9.24. The maximum atomic E-state index is 13.0. The molecule has 1 amide bonds. The Bertz CT molecular complexity index is 954. The predicted molar refractivity (Wildman–Crippen MR) is 112 cm³/mol. The summed E-state index contributed by atoms with van der Waals surface area (Å²) in [5.74, 6) is -0.273. The number of halogens is 1. The van der Waals surface area contributed by atoms with Crippen molar-refractivity contribution in [1.29, 1.82) is 0 Å². The van der Waals surface area contributed by atoms with Gasteiger partial charge in [0.2, 0.25) is 5.91 Å². The van der Waals surface area contributed by atoms with Gasteiger partial charge in [0, 0.05) is 12.3 Å². The van der Waals surface area contributed by atoms with Crippen molar-refractivity contribution >= 4 is 23.4 Å². The lowest BCUT2D eigenvalue weighted by molar-refractivity contribution is -0.113. The first-order chi connectivity index (χ1) is 14.2. The molecule has 1 N–H and O–H groups in total. The number of aromatic nitrogens is 2. The Morgan fingerprint density at radius 3 is 2.72 bits per heavy atom. The Hall–Kier alpha value is -2.64. The highest BCUT2D eigenvalue weighted by atomic mass is 32.2. The van der Waals surface area contributed by atoms with Crippen molar-refractivity contribution in [3.8, 4) is 11.3 Å². The Labute approximate surface area is 173 Å². The molecule has 2 heterocycles. The van der Waals surface area contributed by atoms with Crippen LogP contribution in [-0.2, 0) is 16.1 Å². The molecule has 0 bridgehead atoms. The van der Waals surface area contributed by atoms with Crippen molar-refractivity contribution in [1.82, 2.24) is 9.55 Å². The van der Waals surface area contributed by atoms with Gasteiger partial charge in [-0.15, -0.1) is 0 Å². The minimum atomic E-state index is -0.332. The molecule has 0 saturated carbocycles. The van der Waals surface area contributed by atoms with E-state index in [1.807, 2.05) is 24.4 Å². The molecule has 1 aliphatic heterocycles. The zero-order valence-electron chi connectivity index (χ0n) is 15.9. The third-order valence-electron chi connectivity index (χ3n) is 4.76. The lowest BCUT2D eigenvalue weighted by Crippen LogP contribution is -2.18. The molecule has 5 nitrogen and oxygen atoms in total. The van der Waals surface area contributed by atoms with E-state index < -0.39 is 0 Å². The number of rotatable bonds is 7. The highest BCUT2D eigenvalue weighted by Gasteiger charge is 2.21. The highest BCUT2D eigenvalue weighted by Crippen LogP contribution is 2.28. The van der Waals surface area contributed by atoms with E-state index in [1.165, 1.54) is 23.9 Å². The van der Waals surface area contributed by atoms with Crippen LogP contribution in [0.2, 0.25) is 0 Å². The van der Waals surface area contributed by atoms with Crippen LogP contribution in [-0.4, -0.2) is 33.9 Å². The largest absolute Gasteiger partial charge is 0.376 e. The standard InChI is InChI=1S/C22H22FN3O2S/c23-17-8-10-18(11-9-17)25-21(27)15-29-22-24-13-20(16-5-2-1-3-6-16)26(22)14-19-7-4-12-28-19/h1-3,5-6,8-11,13,19H,4,7,12,14-15H2,(H,25,27). The Morgan fingerprint density at radius 2 is 2.00 bits per heavy atom. The van der Waals surface area contributed by atoms with E-state index in [0.29, 0.717) is 12.2 Å². The molecule has 7 heteroatoms. The van der Waals surface area contributed by atoms with Gasteiger partial charge in [0.05, 0.1) is 30.3 Å². The summed E-state index contributed by atoms with van der Waals surface area (Å²) in [4.78, 5) is 16.9. The smallest absolute Gasteiger partial charge is 0.234 e. The molecule has 1 fully saturated rings. The first-order valence-corrected chi connectivity index (χ1v) is 10.6. The minimum absolute atomic E-state index is 0.158. The fourth-order valence-electron chi connectivity index (χ4n) is 3.34. The van der Waals surface area contributed by atoms with E-state index in [-0.39, 0.29) is 23.6 Å². The van der Waals surface area contributed by atoms with Gasteiger partial charge in [-0.25, -0.2) is 9.37 Å². The average molecular weight is 412 g/mol. The normalized spacial score (nSPS) is 16.1. The van der Waals surface area contributed by atoms with E-state index in [1.54, 1.807) is 12.1 Å². The number of benzene rings is 2. The number of carbonyl (C=O) groups is 1. The van der Waals surface area contributed by atoms with Crippen LogP contribution in [0.4, 0.5) is 10.1 Å². The van der Waals surface area contributed by atoms with Gasteiger partial charge in [0.1, 0.15) is 5.82 Å². The number of nitrogens with zero attached hydrogens (tertiary/aromatic N) is 2. The van der Waals surface area contributed by atoms with Crippen molar-refractivity contribution in [2.24, 2.45) is 0 Å². The summed E-state index contributed by atoms with van der Waals surface area (Å²) in [5, 5.41) is 3.57. The van der Waals surface area contributed by atoms with Gasteiger partial charge in [-0.05, 0) is 42.7 Å². The maximum Gasteiger partial charge on any atom is 0.234 e. The number of ether oxygens (including phenoxy) is 1. The van der Waals surface area contributed by atoms with Gasteiger partial charge in [0.15, 0.2) is 5.16 Å². The van der Waals surface area contributed by atoms with Crippen LogP contribution in [0.25, 0.3) is 11.3 Å². The zero-order chi connectivity index (χ0) is 20.1. The van der Waals surface area contributed by atoms with E-state index in [0.717, 1.165) is 35.9 Å². The molecule has 1 aromatic heterocycles. The van der Waals surface area contributed by atoms with Crippen LogP contribution in [0.1, 0.15) is 12.8 Å². The molecule has 29 heavy (non-hydrogen) atoms. The molecule has 150 valence electrons. The summed E-state index contributed by atoms with van der Waals surface area (Å²) in [6.07, 6.45) is 4.12. The van der Waals surface area contributed by atoms with Gasteiger partial charge in [-0.1, -0.05) is 42.1 Å². The first-order valence-electron chi connectivity index (χ1n) is 9.60. The highest BCUT2D eigenvalue weighted by molar-refractivity contribution is 7.99. The van der Waals surface area contributed by atoms with Crippen LogP contribution in [0.5, 0.6) is 0 Å². The minimum Gasteiger partial charge on any atom is -0.376 e. The number of imidazole rings is 1. The van der Waals surface area contributed by atoms with Crippen molar-refractivity contribution in [2.45, 2.75) is 30.6 Å². The van der Waals surface area contributed by atoms with Crippen LogP contribution in [0.15, 0.2) is 66.0 Å². The fourth-order valence-corrected chi connectivity index (χ4v) is 4.13. The van der Waals surface area contributed by atoms with Crippen molar-refractivity contribution < 1.29 is 13.9 Å². The van der Waals surface area contributed by atoms with Gasteiger partial charge in [-0.2, -0.15) is 0 Å². The molecule has 1 unspecified atom stereocenters. The number of thioether (sulfide) groups is 1. The number of carbonyl (C=O) groups excluding carboxylic acids is 1. The molecular formula is C22H22FN3O2S. The summed E-state index contributed by atoms with van der Waals surface area (Å²) < 4.78 is 21.0. The molecule has 3 aromatic rings. The van der Waals surface area contributed by atoms with E-state index in [2.05, 4.69) is 27.0 Å². The topological polar surface area (TPSA) is 56.2 Å². The van der Waals surface area contributed by atoms with Crippen LogP contribution >= 0.6 is 11.8 Å². The van der Waals surface area contributed by atoms with Gasteiger partial charge >= 0.3 is 0 Å². The first kappa shape index (κ1) is 19.7. The molecule has 2 aromatic carbocycles. The van der Waals surface area contributed by atoms with Gasteiger partial charge < -0.3 is 14.6 Å². The summed E-state index contributed by atoms with van der Waals surface area (Å²) in [7, 11) is 0. The van der Waals surface area contributed by atoms with Crippen molar-refractivity contribution in [2.75, 3.05) is 17.7 Å². The molecule has 1 saturated heterocycles. The molecule has 1 aliphatic rings. The third kappa shape index (κ3) is 5.05. The van der Waals surface area contributed by atoms with E-state index >= 15 is 0 Å². The van der Waals surface area contributed by atoms with Gasteiger partial charge in [0.25, 0.3) is 0 Å². The zero-order valence-corrected chi connectivity index (χ0v) is 16.7. The maximum absolute atomic E-state index is 13.0. The van der Waals surface area contributed by atoms with Crippen LogP contribution in [0, 0.1) is 5.82 Å². The number of hydrogen-bond acceptors (Lipinski definition) is 4. The number of nitrogens with one attached hydrogen (secondary N) is 1. The lowest BCUT2D eigenvalue weighted by atomic mass is 10.1. The molecule has 0 aliphatic carbocycles. The summed E-state index contributed by atoms with van der Waals surface area (Å²) in [6, 6.07) is 15.8. The third-order valence-corrected chi connectivity index (χ3v) is 5.75. The lowest BCUT2D eigenvalue weighted by Gasteiger charge is -2.16. The Balaban J connectivity index is 1.47. The van der Waals surface area contributed by atoms with Gasteiger partial charge in [-0.3, -0.25) is 4.79 Å². The number of amides is 1. The average Bonchev–Trinajstić information content (AvgIpc) is 3.39. The summed E-state index contributed by atoms with van der Waals surface area (Å²) in [5.41, 5.74) is 2.67. The monoisotopic (exact) mass is 411 g/mol. The summed E-state index contributed by atoms with van der Waals surface area (Å²) in [6.45, 7) is 1.51. The molecule has 1 atom stereocenters. The van der Waals surface area contributed by atoms with Crippen molar-refractivity contribution in [3.05, 3.63) is 66.6 Å². The molecule has 4 rings (SSSR count). The molecule has 0 spiro atoms.